The number of ether oxygens (including phenoxy) is 1. The summed E-state index contributed by atoms with van der Waals surface area (Å²) < 4.78 is 20.1. The minimum absolute atomic E-state index is 0.0191. The third-order valence-electron chi connectivity index (χ3n) is 4.48. The van der Waals surface area contributed by atoms with Gasteiger partial charge in [0, 0.05) is 25.6 Å². The summed E-state index contributed by atoms with van der Waals surface area (Å²) in [5.41, 5.74) is 1.69. The molecule has 1 aromatic heterocycles. The predicted octanol–water partition coefficient (Wildman–Crippen LogP) is 3.69. The van der Waals surface area contributed by atoms with Gasteiger partial charge in [-0.3, -0.25) is 4.79 Å². The molecule has 1 aromatic carbocycles. The molecule has 0 N–H and O–H groups in total. The highest BCUT2D eigenvalue weighted by Gasteiger charge is 2.35. The van der Waals surface area contributed by atoms with E-state index in [-0.39, 0.29) is 23.7 Å². The van der Waals surface area contributed by atoms with Gasteiger partial charge in [-0.1, -0.05) is 13.3 Å². The molecule has 138 valence electrons. The number of rotatable bonds is 6. The average Bonchev–Trinajstić information content (AvgIpc) is 2.99. The van der Waals surface area contributed by atoms with E-state index in [9.17, 15) is 14.0 Å². The Labute approximate surface area is 151 Å². The molecule has 1 aliphatic rings. The number of nitrogens with zero attached hydrogens (tertiary/aromatic N) is 3. The number of hydrogen-bond donors (Lipinski definition) is 0. The van der Waals surface area contributed by atoms with Crippen molar-refractivity contribution in [2.45, 2.75) is 32.7 Å². The molecule has 1 fully saturated rings. The number of imidazole rings is 1. The Morgan fingerprint density at radius 1 is 1.27 bits per heavy atom. The summed E-state index contributed by atoms with van der Waals surface area (Å²) in [5.74, 6) is -0.459. The van der Waals surface area contributed by atoms with Gasteiger partial charge in [0.25, 0.3) is 0 Å². The van der Waals surface area contributed by atoms with Crippen LogP contribution >= 0.6 is 0 Å². The first-order valence-electron chi connectivity index (χ1n) is 8.76. The number of unbranched alkanes of at least 4 members (excludes halogenated alkanes) is 1. The summed E-state index contributed by atoms with van der Waals surface area (Å²) in [4.78, 5) is 30.1. The van der Waals surface area contributed by atoms with Gasteiger partial charge in [0.1, 0.15) is 11.5 Å². The van der Waals surface area contributed by atoms with Crippen LogP contribution in [0.4, 0.5) is 9.18 Å². The Bertz CT molecular complexity index is 795. The molecule has 6 nitrogen and oxygen atoms in total. The normalized spacial score (nSPS) is 14.2. The van der Waals surface area contributed by atoms with E-state index in [1.807, 2.05) is 6.92 Å². The summed E-state index contributed by atoms with van der Waals surface area (Å²) >= 11 is 0. The lowest BCUT2D eigenvalue weighted by molar-refractivity contribution is 0.0556. The van der Waals surface area contributed by atoms with Crippen LogP contribution in [0.2, 0.25) is 0 Å². The SMILES string of the molecule is CCCCOC(=O)N1CC(n2cnc(-c3ccc(F)cc3)c2C(C)=O)C1. The second kappa shape index (κ2) is 7.68. The molecule has 0 radical (unpaired) electrons. The third-order valence-corrected chi connectivity index (χ3v) is 4.48. The maximum absolute atomic E-state index is 13.1. The number of hydrogen-bond acceptors (Lipinski definition) is 4. The second-order valence-corrected chi connectivity index (χ2v) is 6.44. The lowest BCUT2D eigenvalue weighted by Gasteiger charge is -2.39. The lowest BCUT2D eigenvalue weighted by atomic mass is 10.1. The highest BCUT2D eigenvalue weighted by Crippen LogP contribution is 2.29. The van der Waals surface area contributed by atoms with Gasteiger partial charge >= 0.3 is 6.09 Å². The van der Waals surface area contributed by atoms with Gasteiger partial charge < -0.3 is 14.2 Å². The van der Waals surface area contributed by atoms with Crippen molar-refractivity contribution >= 4 is 11.9 Å². The lowest BCUT2D eigenvalue weighted by Crippen LogP contribution is -2.51. The monoisotopic (exact) mass is 359 g/mol. The molecule has 0 aliphatic carbocycles. The summed E-state index contributed by atoms with van der Waals surface area (Å²) in [6.45, 7) is 4.90. The Hall–Kier alpha value is -2.70. The number of aromatic nitrogens is 2. The van der Waals surface area contributed by atoms with Crippen LogP contribution < -0.4 is 0 Å². The zero-order valence-electron chi connectivity index (χ0n) is 14.9. The van der Waals surface area contributed by atoms with E-state index in [2.05, 4.69) is 4.98 Å². The van der Waals surface area contributed by atoms with Crippen LogP contribution in [0.5, 0.6) is 0 Å². The molecule has 0 spiro atoms. The zero-order chi connectivity index (χ0) is 18.7. The first-order chi connectivity index (χ1) is 12.5. The molecule has 0 unspecified atom stereocenters. The zero-order valence-corrected chi connectivity index (χ0v) is 14.9. The van der Waals surface area contributed by atoms with Crippen molar-refractivity contribution in [2.75, 3.05) is 19.7 Å². The van der Waals surface area contributed by atoms with Crippen molar-refractivity contribution in [2.24, 2.45) is 0 Å². The molecular weight excluding hydrogens is 337 g/mol. The average molecular weight is 359 g/mol. The summed E-state index contributed by atoms with van der Waals surface area (Å²) in [7, 11) is 0. The topological polar surface area (TPSA) is 64.4 Å². The maximum atomic E-state index is 13.1. The number of carbonyl (C=O) groups excluding carboxylic acids is 2. The van der Waals surface area contributed by atoms with Crippen LogP contribution in [0.15, 0.2) is 30.6 Å². The van der Waals surface area contributed by atoms with Crippen LogP contribution in [0.1, 0.15) is 43.2 Å². The minimum atomic E-state index is -0.339. The van der Waals surface area contributed by atoms with Crippen LogP contribution in [0.25, 0.3) is 11.3 Å². The number of carbonyl (C=O) groups is 2. The molecule has 7 heteroatoms. The molecule has 2 aromatic rings. The maximum Gasteiger partial charge on any atom is 0.409 e. The molecule has 1 aliphatic heterocycles. The standard InChI is InChI=1S/C19H22FN3O3/c1-3-4-9-26-19(25)22-10-16(11-22)23-12-21-17(18(23)13(2)24)14-5-7-15(20)8-6-14/h5-8,12,16H,3-4,9-11H2,1-2H3. The molecule has 0 saturated carbocycles. The predicted molar refractivity (Wildman–Crippen MR) is 94.5 cm³/mol. The number of Topliss-reactive ketones (excluding diaryl/α,β-unsaturated/α-hetero) is 1. The molecule has 0 atom stereocenters. The quantitative estimate of drug-likeness (QED) is 0.583. The van der Waals surface area contributed by atoms with Crippen LogP contribution in [0.3, 0.4) is 0 Å². The van der Waals surface area contributed by atoms with Gasteiger partial charge in [-0.15, -0.1) is 0 Å². The summed E-state index contributed by atoms with van der Waals surface area (Å²) in [6, 6.07) is 5.87. The van der Waals surface area contributed by atoms with E-state index in [0.717, 1.165) is 12.8 Å². The van der Waals surface area contributed by atoms with Crippen molar-refractivity contribution < 1.29 is 18.7 Å². The van der Waals surface area contributed by atoms with Gasteiger partial charge in [-0.25, -0.2) is 14.2 Å². The Balaban J connectivity index is 1.73. The van der Waals surface area contributed by atoms with E-state index >= 15 is 0 Å². The van der Waals surface area contributed by atoms with Crippen LogP contribution in [-0.4, -0.2) is 46.0 Å². The molecule has 1 amide bonds. The summed E-state index contributed by atoms with van der Waals surface area (Å²) in [5, 5.41) is 0. The highest BCUT2D eigenvalue weighted by molar-refractivity contribution is 5.98. The fraction of sp³-hybridized carbons (Fsp3) is 0.421. The number of likely N-dealkylation sites (tertiary alicyclic amines) is 1. The molecule has 2 heterocycles. The first kappa shape index (κ1) is 18.1. The van der Waals surface area contributed by atoms with E-state index in [0.29, 0.717) is 36.6 Å². The van der Waals surface area contributed by atoms with Gasteiger partial charge in [0.15, 0.2) is 5.78 Å². The van der Waals surface area contributed by atoms with Gasteiger partial charge in [-0.05, 0) is 30.7 Å². The minimum Gasteiger partial charge on any atom is -0.449 e. The van der Waals surface area contributed by atoms with Gasteiger partial charge in [0.2, 0.25) is 0 Å². The van der Waals surface area contributed by atoms with Gasteiger partial charge in [0.05, 0.1) is 24.7 Å². The van der Waals surface area contributed by atoms with Crippen molar-refractivity contribution in [3.8, 4) is 11.3 Å². The van der Waals surface area contributed by atoms with Crippen molar-refractivity contribution in [3.63, 3.8) is 0 Å². The molecule has 0 bridgehead atoms. The number of amides is 1. The largest absolute Gasteiger partial charge is 0.449 e. The summed E-state index contributed by atoms with van der Waals surface area (Å²) in [6.07, 6.45) is 3.11. The highest BCUT2D eigenvalue weighted by atomic mass is 19.1. The van der Waals surface area contributed by atoms with Crippen molar-refractivity contribution in [1.29, 1.82) is 0 Å². The van der Waals surface area contributed by atoms with E-state index in [1.165, 1.54) is 19.1 Å². The number of ketones is 1. The number of benzene rings is 1. The third kappa shape index (κ3) is 3.61. The second-order valence-electron chi connectivity index (χ2n) is 6.44. The first-order valence-corrected chi connectivity index (χ1v) is 8.76. The molecular formula is C19H22FN3O3. The molecule has 3 rings (SSSR count). The Kier molecular flexibility index (Phi) is 5.35. The fourth-order valence-corrected chi connectivity index (χ4v) is 2.98. The van der Waals surface area contributed by atoms with E-state index in [4.69, 9.17) is 4.74 Å². The van der Waals surface area contributed by atoms with Crippen molar-refractivity contribution in [1.82, 2.24) is 14.5 Å². The Morgan fingerprint density at radius 3 is 2.58 bits per heavy atom. The van der Waals surface area contributed by atoms with E-state index in [1.54, 1.807) is 27.9 Å². The van der Waals surface area contributed by atoms with Gasteiger partial charge in [-0.2, -0.15) is 0 Å². The molecule has 1 saturated heterocycles. The Morgan fingerprint density at radius 2 is 1.96 bits per heavy atom. The van der Waals surface area contributed by atoms with Crippen LogP contribution in [0, 0.1) is 5.82 Å². The van der Waals surface area contributed by atoms with Crippen LogP contribution in [-0.2, 0) is 4.74 Å². The van der Waals surface area contributed by atoms with E-state index < -0.39 is 0 Å². The number of halogens is 1. The smallest absolute Gasteiger partial charge is 0.409 e. The molecule has 26 heavy (non-hydrogen) atoms. The van der Waals surface area contributed by atoms with Crippen molar-refractivity contribution in [3.05, 3.63) is 42.1 Å². The fourth-order valence-electron chi connectivity index (χ4n) is 2.98.